The summed E-state index contributed by atoms with van der Waals surface area (Å²) in [7, 11) is 0. The number of hydrogen-bond donors (Lipinski definition) is 0. The van der Waals surface area contributed by atoms with Gasteiger partial charge in [0.15, 0.2) is 11.5 Å². The van der Waals surface area contributed by atoms with E-state index in [1.807, 2.05) is 32.0 Å². The summed E-state index contributed by atoms with van der Waals surface area (Å²) in [5.74, 6) is 1.73. The van der Waals surface area contributed by atoms with Crippen LogP contribution < -0.4 is 9.47 Å². The minimum atomic E-state index is -0.0245. The average molecular weight is 449 g/mol. The second kappa shape index (κ2) is 10.1. The third-order valence-corrected chi connectivity index (χ3v) is 5.74. The topological polar surface area (TPSA) is 51.1 Å². The molecule has 1 aromatic carbocycles. The number of benzene rings is 1. The zero-order valence-corrected chi connectivity index (χ0v) is 18.3. The summed E-state index contributed by atoms with van der Waals surface area (Å²) in [5.41, 5.74) is 1.99. The number of alkyl halides is 1. The van der Waals surface area contributed by atoms with Gasteiger partial charge in [0.25, 0.3) is 0 Å². The first-order chi connectivity index (χ1) is 13.7. The Morgan fingerprint density at radius 3 is 2.50 bits per heavy atom. The van der Waals surface area contributed by atoms with Gasteiger partial charge in [-0.15, -0.1) is 0 Å². The van der Waals surface area contributed by atoms with E-state index in [1.165, 1.54) is 0 Å². The molecule has 2 atom stereocenters. The van der Waals surface area contributed by atoms with Gasteiger partial charge < -0.3 is 9.47 Å². The molecular weight excluding hydrogens is 420 g/mol. The largest absolute Gasteiger partial charge is 0.490 e. The fourth-order valence-corrected chi connectivity index (χ4v) is 4.23. The van der Waals surface area contributed by atoms with Gasteiger partial charge in [-0.1, -0.05) is 28.1 Å². The molecule has 0 aromatic heterocycles. The van der Waals surface area contributed by atoms with E-state index in [1.54, 1.807) is 5.01 Å². The smallest absolute Gasteiger partial charge is 0.246 e. The number of amides is 1. The van der Waals surface area contributed by atoms with Crippen LogP contribution in [0.5, 0.6) is 11.5 Å². The number of hydrazone groups is 1. The van der Waals surface area contributed by atoms with Crippen LogP contribution in [0.15, 0.2) is 35.5 Å². The van der Waals surface area contributed by atoms with Crippen molar-refractivity contribution in [3.05, 3.63) is 35.9 Å². The van der Waals surface area contributed by atoms with Gasteiger partial charge in [0.2, 0.25) is 5.91 Å². The number of halogens is 1. The molecule has 152 valence electrons. The van der Waals surface area contributed by atoms with E-state index >= 15 is 0 Å². The monoisotopic (exact) mass is 448 g/mol. The minimum absolute atomic E-state index is 0.0245. The van der Waals surface area contributed by atoms with Crippen LogP contribution in [0.4, 0.5) is 0 Å². The third kappa shape index (κ3) is 4.59. The summed E-state index contributed by atoms with van der Waals surface area (Å²) in [5, 5.41) is 7.45. The number of ether oxygens (including phenoxy) is 2. The quantitative estimate of drug-likeness (QED) is 0.310. The van der Waals surface area contributed by atoms with E-state index in [-0.39, 0.29) is 17.7 Å². The number of rotatable bonds is 9. The minimum Gasteiger partial charge on any atom is -0.490 e. The van der Waals surface area contributed by atoms with Crippen molar-refractivity contribution in [2.45, 2.75) is 39.5 Å². The van der Waals surface area contributed by atoms with Crippen LogP contribution in [0.2, 0.25) is 0 Å². The first kappa shape index (κ1) is 20.9. The molecule has 0 spiro atoms. The molecule has 2 aliphatic rings. The number of fused-ring (bicyclic) bond motifs is 1. The Kier molecular flexibility index (Phi) is 7.54. The normalized spacial score (nSPS) is 21.3. The molecule has 3 rings (SSSR count). The van der Waals surface area contributed by atoms with Gasteiger partial charge in [-0.25, -0.2) is 5.01 Å². The van der Waals surface area contributed by atoms with Crippen LogP contribution in [0.3, 0.4) is 0 Å². The molecule has 1 aromatic rings. The number of allylic oxidation sites excluding steroid dienone is 2. The Labute approximate surface area is 175 Å². The van der Waals surface area contributed by atoms with Gasteiger partial charge in [0.1, 0.15) is 0 Å². The van der Waals surface area contributed by atoms with Crippen LogP contribution in [0.25, 0.3) is 0 Å². The third-order valence-electron chi connectivity index (χ3n) is 5.18. The van der Waals surface area contributed by atoms with Crippen LogP contribution >= 0.6 is 15.9 Å². The van der Waals surface area contributed by atoms with E-state index in [9.17, 15) is 4.79 Å². The second-order valence-corrected chi connectivity index (χ2v) is 7.82. The Morgan fingerprint density at radius 1 is 1.07 bits per heavy atom. The van der Waals surface area contributed by atoms with Crippen molar-refractivity contribution in [1.82, 2.24) is 5.01 Å². The van der Waals surface area contributed by atoms with Crippen molar-refractivity contribution in [3.63, 3.8) is 0 Å². The zero-order chi connectivity index (χ0) is 19.9. The highest BCUT2D eigenvalue weighted by Crippen LogP contribution is 2.37. The predicted molar refractivity (Wildman–Crippen MR) is 115 cm³/mol. The lowest BCUT2D eigenvalue weighted by atomic mass is 9.76. The van der Waals surface area contributed by atoms with Gasteiger partial charge in [0, 0.05) is 23.4 Å². The molecule has 0 unspecified atom stereocenters. The maximum Gasteiger partial charge on any atom is 0.246 e. The number of unbranched alkanes of at least 4 members (excludes halogenated alkanes) is 1. The van der Waals surface area contributed by atoms with Crippen molar-refractivity contribution in [2.75, 3.05) is 25.1 Å². The van der Waals surface area contributed by atoms with Crippen molar-refractivity contribution >= 4 is 27.5 Å². The molecule has 28 heavy (non-hydrogen) atoms. The number of carbonyl (C=O) groups excluding carboxylic acids is 1. The SMILES string of the molecule is CCOc1ccc(C2=NN(CCCCBr)C(=O)[C@H]3CC=CC[C@@H]23)cc1OCC. The maximum atomic E-state index is 13.0. The van der Waals surface area contributed by atoms with E-state index in [4.69, 9.17) is 14.6 Å². The number of carbonyl (C=O) groups is 1. The lowest BCUT2D eigenvalue weighted by Crippen LogP contribution is -2.45. The molecule has 0 bridgehead atoms. The first-order valence-corrected chi connectivity index (χ1v) is 11.3. The Morgan fingerprint density at radius 2 is 1.79 bits per heavy atom. The fraction of sp³-hybridized carbons (Fsp3) is 0.545. The van der Waals surface area contributed by atoms with E-state index < -0.39 is 0 Å². The summed E-state index contributed by atoms with van der Waals surface area (Å²) in [6, 6.07) is 6.00. The van der Waals surface area contributed by atoms with Crippen LogP contribution in [0.1, 0.15) is 45.1 Å². The molecule has 1 amide bonds. The van der Waals surface area contributed by atoms with Gasteiger partial charge in [-0.2, -0.15) is 5.10 Å². The van der Waals surface area contributed by atoms with Crippen LogP contribution in [0, 0.1) is 11.8 Å². The van der Waals surface area contributed by atoms with E-state index in [0.29, 0.717) is 19.8 Å². The van der Waals surface area contributed by atoms with Gasteiger partial charge in [0.05, 0.1) is 24.8 Å². The highest BCUT2D eigenvalue weighted by molar-refractivity contribution is 9.09. The summed E-state index contributed by atoms with van der Waals surface area (Å²) in [6.07, 6.45) is 7.90. The second-order valence-electron chi connectivity index (χ2n) is 7.03. The molecule has 1 aliphatic carbocycles. The van der Waals surface area contributed by atoms with Crippen LogP contribution in [-0.4, -0.2) is 41.7 Å². The predicted octanol–water partition coefficient (Wildman–Crippen LogP) is 4.79. The number of nitrogens with zero attached hydrogens (tertiary/aromatic N) is 2. The molecule has 0 N–H and O–H groups in total. The molecule has 1 aliphatic heterocycles. The molecule has 6 heteroatoms. The fourth-order valence-electron chi connectivity index (χ4n) is 3.83. The zero-order valence-electron chi connectivity index (χ0n) is 16.7. The summed E-state index contributed by atoms with van der Waals surface area (Å²) >= 11 is 3.46. The lowest BCUT2D eigenvalue weighted by molar-refractivity contribution is -0.137. The van der Waals surface area contributed by atoms with Crippen molar-refractivity contribution in [3.8, 4) is 11.5 Å². The summed E-state index contributed by atoms with van der Waals surface area (Å²) < 4.78 is 11.5. The van der Waals surface area contributed by atoms with Gasteiger partial charge >= 0.3 is 0 Å². The van der Waals surface area contributed by atoms with Gasteiger partial charge in [-0.05, 0) is 57.7 Å². The molecule has 0 saturated carbocycles. The molecule has 0 radical (unpaired) electrons. The molecule has 1 heterocycles. The molecule has 0 saturated heterocycles. The lowest BCUT2D eigenvalue weighted by Gasteiger charge is -2.37. The van der Waals surface area contributed by atoms with Crippen molar-refractivity contribution in [1.29, 1.82) is 0 Å². The first-order valence-electron chi connectivity index (χ1n) is 10.2. The van der Waals surface area contributed by atoms with E-state index in [0.717, 1.165) is 53.8 Å². The summed E-state index contributed by atoms with van der Waals surface area (Å²) in [4.78, 5) is 13.0. The highest BCUT2D eigenvalue weighted by Gasteiger charge is 2.39. The number of hydrogen-bond acceptors (Lipinski definition) is 4. The standard InChI is InChI=1S/C22H29BrN2O3/c1-3-27-19-12-11-16(15-20(19)28-4-2)21-17-9-5-6-10-18(17)22(26)25(24-21)14-8-7-13-23/h5-6,11-12,15,17-18H,3-4,7-10,13-14H2,1-2H3/t17-,18+/m1/s1. The van der Waals surface area contributed by atoms with Crippen molar-refractivity contribution in [2.24, 2.45) is 16.9 Å². The Bertz CT molecular complexity index is 747. The summed E-state index contributed by atoms with van der Waals surface area (Å²) in [6.45, 7) is 5.75. The highest BCUT2D eigenvalue weighted by atomic mass is 79.9. The van der Waals surface area contributed by atoms with E-state index in [2.05, 4.69) is 28.1 Å². The van der Waals surface area contributed by atoms with Crippen molar-refractivity contribution < 1.29 is 14.3 Å². The molecule has 0 fully saturated rings. The molecular formula is C22H29BrN2O3. The van der Waals surface area contributed by atoms with Crippen LogP contribution in [-0.2, 0) is 4.79 Å². The van der Waals surface area contributed by atoms with Gasteiger partial charge in [-0.3, -0.25) is 4.79 Å². The maximum absolute atomic E-state index is 13.0. The molecule has 5 nitrogen and oxygen atoms in total. The Balaban J connectivity index is 1.96. The average Bonchev–Trinajstić information content (AvgIpc) is 2.72. The Hall–Kier alpha value is -1.82.